The molecule has 2 aromatic heterocycles. The minimum absolute atomic E-state index is 0.199. The predicted octanol–water partition coefficient (Wildman–Crippen LogP) is 5.25. The van der Waals surface area contributed by atoms with Crippen molar-refractivity contribution in [3.63, 3.8) is 0 Å². The number of aromatic hydroxyl groups is 1. The van der Waals surface area contributed by atoms with Gasteiger partial charge in [0, 0.05) is 22.0 Å². The summed E-state index contributed by atoms with van der Waals surface area (Å²) in [5, 5.41) is 24.6. The Bertz CT molecular complexity index is 1260. The van der Waals surface area contributed by atoms with Gasteiger partial charge in [0.15, 0.2) is 5.65 Å². The molecular weight excluding hydrogens is 388 g/mol. The molecular formula is C24H28N6O. The summed E-state index contributed by atoms with van der Waals surface area (Å²) in [7, 11) is 0. The Morgan fingerprint density at radius 3 is 2.26 bits per heavy atom. The third kappa shape index (κ3) is 4.08. The first kappa shape index (κ1) is 20.8. The number of hydrazone groups is 1. The lowest BCUT2D eigenvalue weighted by atomic mass is 9.78. The van der Waals surface area contributed by atoms with Gasteiger partial charge in [-0.25, -0.2) is 5.43 Å². The molecule has 4 rings (SSSR count). The van der Waals surface area contributed by atoms with E-state index in [0.29, 0.717) is 17.3 Å². The third-order valence-electron chi connectivity index (χ3n) is 5.25. The number of aromatic nitrogens is 4. The van der Waals surface area contributed by atoms with Gasteiger partial charge < -0.3 is 10.1 Å². The molecule has 3 N–H and O–H groups in total. The molecule has 0 amide bonds. The van der Waals surface area contributed by atoms with Crippen LogP contribution in [0.2, 0.25) is 0 Å². The molecule has 0 fully saturated rings. The Balaban J connectivity index is 1.64. The highest BCUT2D eigenvalue weighted by molar-refractivity contribution is 6.03. The molecule has 0 radical (unpaired) electrons. The highest BCUT2D eigenvalue weighted by Crippen LogP contribution is 2.39. The average Bonchev–Trinajstić information content (AvgIpc) is 3.05. The minimum atomic E-state index is -0.199. The number of H-pyrrole nitrogens is 1. The Kier molecular flexibility index (Phi) is 4.92. The van der Waals surface area contributed by atoms with Crippen molar-refractivity contribution in [1.29, 1.82) is 0 Å². The lowest BCUT2D eigenvalue weighted by Gasteiger charge is -2.27. The zero-order valence-electron chi connectivity index (χ0n) is 18.8. The number of fused-ring (bicyclic) bond motifs is 3. The Labute approximate surface area is 181 Å². The Morgan fingerprint density at radius 1 is 0.968 bits per heavy atom. The molecule has 0 atom stereocenters. The first-order chi connectivity index (χ1) is 14.5. The number of phenols is 1. The van der Waals surface area contributed by atoms with Crippen molar-refractivity contribution in [2.45, 2.75) is 52.4 Å². The molecule has 0 aliphatic rings. The van der Waals surface area contributed by atoms with E-state index in [2.05, 4.69) is 72.2 Å². The number of anilines is 1. The molecule has 0 unspecified atom stereocenters. The van der Waals surface area contributed by atoms with E-state index < -0.39 is 0 Å². The second-order valence-corrected chi connectivity index (χ2v) is 9.84. The van der Waals surface area contributed by atoms with Crippen LogP contribution in [0, 0.1) is 0 Å². The summed E-state index contributed by atoms with van der Waals surface area (Å²) >= 11 is 0. The van der Waals surface area contributed by atoms with E-state index in [9.17, 15) is 5.11 Å². The van der Waals surface area contributed by atoms with Crippen LogP contribution < -0.4 is 5.43 Å². The molecule has 0 saturated carbocycles. The van der Waals surface area contributed by atoms with Gasteiger partial charge in [-0.05, 0) is 34.6 Å². The number of nitrogens with zero attached hydrogens (tertiary/aromatic N) is 4. The molecule has 31 heavy (non-hydrogen) atoms. The monoisotopic (exact) mass is 416 g/mol. The van der Waals surface area contributed by atoms with E-state index in [1.165, 1.54) is 0 Å². The zero-order valence-corrected chi connectivity index (χ0v) is 18.8. The summed E-state index contributed by atoms with van der Waals surface area (Å²) in [5.74, 6) is 0.656. The van der Waals surface area contributed by atoms with E-state index in [1.807, 2.05) is 36.4 Å². The van der Waals surface area contributed by atoms with Crippen LogP contribution in [-0.2, 0) is 10.8 Å². The Morgan fingerprint density at radius 2 is 1.61 bits per heavy atom. The molecule has 160 valence electrons. The molecule has 7 nitrogen and oxygen atoms in total. The van der Waals surface area contributed by atoms with Crippen LogP contribution in [0.5, 0.6) is 5.75 Å². The highest BCUT2D eigenvalue weighted by Gasteiger charge is 2.26. The SMILES string of the molecule is CC(C)(C)c1cc(/C=N\Nc2nnc3c(n2)[nH]c2ccccc23)cc(C(C)(C)C)c1O. The normalized spacial score (nSPS) is 12.8. The number of aromatic amines is 1. The van der Waals surface area contributed by atoms with Crippen LogP contribution in [0.25, 0.3) is 22.1 Å². The summed E-state index contributed by atoms with van der Waals surface area (Å²) < 4.78 is 0. The molecule has 2 heterocycles. The maximum Gasteiger partial charge on any atom is 0.265 e. The van der Waals surface area contributed by atoms with Gasteiger partial charge in [0.1, 0.15) is 11.3 Å². The maximum atomic E-state index is 10.9. The van der Waals surface area contributed by atoms with E-state index in [1.54, 1.807) is 6.21 Å². The smallest absolute Gasteiger partial charge is 0.265 e. The highest BCUT2D eigenvalue weighted by atomic mass is 16.3. The van der Waals surface area contributed by atoms with Gasteiger partial charge in [-0.15, -0.1) is 10.2 Å². The number of nitrogens with one attached hydrogen (secondary N) is 2. The van der Waals surface area contributed by atoms with Crippen LogP contribution in [0.15, 0.2) is 41.5 Å². The van der Waals surface area contributed by atoms with E-state index in [4.69, 9.17) is 0 Å². The fourth-order valence-electron chi connectivity index (χ4n) is 3.61. The number of phenolic OH excluding ortho intramolecular Hbond substituents is 1. The van der Waals surface area contributed by atoms with Crippen molar-refractivity contribution < 1.29 is 5.11 Å². The van der Waals surface area contributed by atoms with Crippen LogP contribution >= 0.6 is 0 Å². The second kappa shape index (κ2) is 7.34. The van der Waals surface area contributed by atoms with Crippen LogP contribution in [0.4, 0.5) is 5.95 Å². The topological polar surface area (TPSA) is 99.1 Å². The summed E-state index contributed by atoms with van der Waals surface area (Å²) in [5.41, 5.74) is 7.48. The fourth-order valence-corrected chi connectivity index (χ4v) is 3.61. The lowest BCUT2D eigenvalue weighted by molar-refractivity contribution is 0.423. The van der Waals surface area contributed by atoms with E-state index in [0.717, 1.165) is 33.1 Å². The predicted molar refractivity (Wildman–Crippen MR) is 126 cm³/mol. The number of para-hydroxylation sites is 1. The van der Waals surface area contributed by atoms with Crippen molar-refractivity contribution in [3.8, 4) is 5.75 Å². The zero-order chi connectivity index (χ0) is 22.4. The van der Waals surface area contributed by atoms with Gasteiger partial charge in [0.25, 0.3) is 5.95 Å². The number of hydrogen-bond acceptors (Lipinski definition) is 6. The van der Waals surface area contributed by atoms with Crippen molar-refractivity contribution in [2.75, 3.05) is 5.43 Å². The quantitative estimate of drug-likeness (QED) is 0.313. The molecule has 0 aliphatic carbocycles. The van der Waals surface area contributed by atoms with Crippen molar-refractivity contribution in [2.24, 2.45) is 5.10 Å². The van der Waals surface area contributed by atoms with Gasteiger partial charge in [-0.3, -0.25) is 0 Å². The standard InChI is InChI=1S/C24H28N6O/c1-23(2,3)16-11-14(12-17(20(16)31)24(4,5)6)13-25-29-22-27-21-19(28-30-22)15-9-7-8-10-18(15)26-21/h7-13,31H,1-6H3,(H2,26,27,29,30)/b25-13-. The van der Waals surface area contributed by atoms with Crippen molar-refractivity contribution in [1.82, 2.24) is 20.2 Å². The third-order valence-corrected chi connectivity index (χ3v) is 5.25. The van der Waals surface area contributed by atoms with Crippen LogP contribution in [0.3, 0.4) is 0 Å². The molecule has 7 heteroatoms. The number of rotatable bonds is 3. The van der Waals surface area contributed by atoms with E-state index >= 15 is 0 Å². The van der Waals surface area contributed by atoms with Crippen molar-refractivity contribution >= 4 is 34.2 Å². The van der Waals surface area contributed by atoms with E-state index in [-0.39, 0.29) is 10.8 Å². The number of hydrogen-bond donors (Lipinski definition) is 3. The molecule has 2 aromatic carbocycles. The molecule has 0 aliphatic heterocycles. The van der Waals surface area contributed by atoms with Crippen LogP contribution in [-0.4, -0.2) is 31.5 Å². The minimum Gasteiger partial charge on any atom is -0.507 e. The summed E-state index contributed by atoms with van der Waals surface area (Å²) in [6.45, 7) is 12.5. The Hall–Kier alpha value is -3.48. The van der Waals surface area contributed by atoms with Crippen LogP contribution in [0.1, 0.15) is 58.2 Å². The number of benzene rings is 2. The van der Waals surface area contributed by atoms with Gasteiger partial charge in [-0.1, -0.05) is 59.7 Å². The first-order valence-corrected chi connectivity index (χ1v) is 10.3. The summed E-state index contributed by atoms with van der Waals surface area (Å²) in [4.78, 5) is 7.72. The average molecular weight is 417 g/mol. The van der Waals surface area contributed by atoms with Gasteiger partial charge >= 0.3 is 0 Å². The summed E-state index contributed by atoms with van der Waals surface area (Å²) in [6.07, 6.45) is 1.71. The second-order valence-electron chi connectivity index (χ2n) is 9.84. The first-order valence-electron chi connectivity index (χ1n) is 10.3. The van der Waals surface area contributed by atoms with Gasteiger partial charge in [0.2, 0.25) is 0 Å². The largest absolute Gasteiger partial charge is 0.507 e. The summed E-state index contributed by atoms with van der Waals surface area (Å²) in [6, 6.07) is 11.8. The van der Waals surface area contributed by atoms with Gasteiger partial charge in [0.05, 0.1) is 6.21 Å². The molecule has 0 spiro atoms. The molecule has 0 saturated heterocycles. The molecule has 4 aromatic rings. The van der Waals surface area contributed by atoms with Gasteiger partial charge in [-0.2, -0.15) is 10.1 Å². The lowest BCUT2D eigenvalue weighted by Crippen LogP contribution is -2.18. The molecule has 0 bridgehead atoms. The fraction of sp³-hybridized carbons (Fsp3) is 0.333. The maximum absolute atomic E-state index is 10.9. The van der Waals surface area contributed by atoms with Crippen molar-refractivity contribution in [3.05, 3.63) is 53.1 Å².